The van der Waals surface area contributed by atoms with Crippen molar-refractivity contribution in [3.05, 3.63) is 69.7 Å². The number of halogens is 1. The van der Waals surface area contributed by atoms with E-state index in [2.05, 4.69) is 33.1 Å². The monoisotopic (exact) mass is 396 g/mol. The van der Waals surface area contributed by atoms with Crippen molar-refractivity contribution in [2.75, 3.05) is 20.2 Å². The fraction of sp³-hybridized carbons (Fsp3) is 0.200. The summed E-state index contributed by atoms with van der Waals surface area (Å²) in [6, 6.07) is 14.1. The van der Waals surface area contributed by atoms with Gasteiger partial charge in [0.1, 0.15) is 12.3 Å². The van der Waals surface area contributed by atoms with E-state index in [0.29, 0.717) is 6.54 Å². The van der Waals surface area contributed by atoms with E-state index < -0.39 is 0 Å². The van der Waals surface area contributed by atoms with Crippen LogP contribution in [0.4, 0.5) is 0 Å². The van der Waals surface area contributed by atoms with Gasteiger partial charge in [0.25, 0.3) is 0 Å². The molecule has 126 valence electrons. The number of methoxy groups -OCH3 is 1. The SMILES string of the molecule is COc1cccc(C2=NCC(=O)N3CCc4ccccc4C3=C2)c1Br. The van der Waals surface area contributed by atoms with Gasteiger partial charge in [0.2, 0.25) is 5.91 Å². The lowest BCUT2D eigenvalue weighted by Gasteiger charge is -2.30. The molecule has 0 radical (unpaired) electrons. The van der Waals surface area contributed by atoms with Crippen molar-refractivity contribution in [3.63, 3.8) is 0 Å². The summed E-state index contributed by atoms with van der Waals surface area (Å²) < 4.78 is 6.24. The minimum absolute atomic E-state index is 0.0368. The van der Waals surface area contributed by atoms with Crippen molar-refractivity contribution in [2.24, 2.45) is 4.99 Å². The first kappa shape index (κ1) is 16.1. The summed E-state index contributed by atoms with van der Waals surface area (Å²) in [5, 5.41) is 0. The zero-order valence-electron chi connectivity index (χ0n) is 13.8. The number of nitrogens with zero attached hydrogens (tertiary/aromatic N) is 2. The summed E-state index contributed by atoms with van der Waals surface area (Å²) in [5.74, 6) is 0.782. The molecule has 0 atom stereocenters. The summed E-state index contributed by atoms with van der Waals surface area (Å²) in [4.78, 5) is 19.0. The van der Waals surface area contributed by atoms with Gasteiger partial charge in [0.15, 0.2) is 0 Å². The number of rotatable bonds is 2. The third kappa shape index (κ3) is 2.78. The number of hydrogen-bond donors (Lipinski definition) is 0. The second-order valence-electron chi connectivity index (χ2n) is 6.01. The highest BCUT2D eigenvalue weighted by Crippen LogP contribution is 2.33. The van der Waals surface area contributed by atoms with E-state index in [0.717, 1.165) is 39.2 Å². The van der Waals surface area contributed by atoms with Crippen LogP contribution < -0.4 is 4.74 Å². The maximum atomic E-state index is 12.6. The van der Waals surface area contributed by atoms with Crippen molar-refractivity contribution < 1.29 is 9.53 Å². The molecule has 2 aromatic rings. The normalized spacial score (nSPS) is 16.4. The summed E-state index contributed by atoms with van der Waals surface area (Å²) in [6.45, 7) is 0.852. The van der Waals surface area contributed by atoms with Gasteiger partial charge < -0.3 is 9.64 Å². The Bertz CT molecular complexity index is 918. The zero-order valence-corrected chi connectivity index (χ0v) is 15.4. The first-order valence-corrected chi connectivity index (χ1v) is 8.96. The van der Waals surface area contributed by atoms with E-state index in [1.54, 1.807) is 7.11 Å². The number of aliphatic imine (C=N–C) groups is 1. The molecule has 1 amide bonds. The molecule has 0 bridgehead atoms. The van der Waals surface area contributed by atoms with E-state index in [1.807, 2.05) is 41.3 Å². The fourth-order valence-corrected chi connectivity index (χ4v) is 3.97. The van der Waals surface area contributed by atoms with Crippen molar-refractivity contribution in [3.8, 4) is 5.75 Å². The lowest BCUT2D eigenvalue weighted by Crippen LogP contribution is -2.35. The first-order valence-electron chi connectivity index (χ1n) is 8.16. The van der Waals surface area contributed by atoms with Crippen LogP contribution in [-0.4, -0.2) is 36.7 Å². The minimum Gasteiger partial charge on any atom is -0.496 e. The molecule has 2 heterocycles. The molecule has 0 aliphatic carbocycles. The van der Waals surface area contributed by atoms with E-state index in [1.165, 1.54) is 5.56 Å². The third-order valence-corrected chi connectivity index (χ3v) is 5.43. The summed E-state index contributed by atoms with van der Waals surface area (Å²) >= 11 is 3.60. The Hall–Kier alpha value is -2.40. The van der Waals surface area contributed by atoms with Crippen LogP contribution in [0.1, 0.15) is 16.7 Å². The molecule has 0 saturated carbocycles. The maximum absolute atomic E-state index is 12.6. The number of ether oxygens (including phenoxy) is 1. The molecule has 5 heteroatoms. The first-order chi connectivity index (χ1) is 12.2. The van der Waals surface area contributed by atoms with Gasteiger partial charge in [-0.3, -0.25) is 9.79 Å². The number of carbonyl (C=O) groups excluding carboxylic acids is 1. The highest BCUT2D eigenvalue weighted by molar-refractivity contribution is 9.10. The van der Waals surface area contributed by atoms with E-state index >= 15 is 0 Å². The van der Waals surface area contributed by atoms with Crippen LogP contribution in [0.25, 0.3) is 5.70 Å². The maximum Gasteiger partial charge on any atom is 0.248 e. The molecular weight excluding hydrogens is 380 g/mol. The third-order valence-electron chi connectivity index (χ3n) is 4.61. The molecule has 0 saturated heterocycles. The molecular formula is C20H17BrN2O2. The molecule has 4 rings (SSSR count). The van der Waals surface area contributed by atoms with E-state index in [-0.39, 0.29) is 12.5 Å². The van der Waals surface area contributed by atoms with Crippen LogP contribution >= 0.6 is 15.9 Å². The molecule has 0 spiro atoms. The van der Waals surface area contributed by atoms with Crippen LogP contribution in [0.5, 0.6) is 5.75 Å². The molecule has 0 aromatic heterocycles. The molecule has 2 aliphatic heterocycles. The van der Waals surface area contributed by atoms with Gasteiger partial charge in [0.05, 0.1) is 23.0 Å². The molecule has 0 fully saturated rings. The number of hydrogen-bond acceptors (Lipinski definition) is 3. The van der Waals surface area contributed by atoms with Crippen LogP contribution in [-0.2, 0) is 11.2 Å². The van der Waals surface area contributed by atoms with Crippen LogP contribution in [0.2, 0.25) is 0 Å². The second-order valence-corrected chi connectivity index (χ2v) is 6.80. The molecule has 4 nitrogen and oxygen atoms in total. The highest BCUT2D eigenvalue weighted by atomic mass is 79.9. The lowest BCUT2D eigenvalue weighted by atomic mass is 9.95. The number of fused-ring (bicyclic) bond motifs is 3. The topological polar surface area (TPSA) is 41.9 Å². The van der Waals surface area contributed by atoms with Crippen LogP contribution in [0, 0.1) is 0 Å². The second kappa shape index (κ2) is 6.48. The van der Waals surface area contributed by atoms with E-state index in [9.17, 15) is 4.79 Å². The quantitative estimate of drug-likeness (QED) is 0.776. The Morgan fingerprint density at radius 3 is 2.76 bits per heavy atom. The minimum atomic E-state index is 0.0368. The van der Waals surface area contributed by atoms with Gasteiger partial charge in [-0.25, -0.2) is 0 Å². The van der Waals surface area contributed by atoms with Crippen molar-refractivity contribution in [2.45, 2.75) is 6.42 Å². The Labute approximate surface area is 155 Å². The van der Waals surface area contributed by atoms with Gasteiger partial charge in [-0.2, -0.15) is 0 Å². The van der Waals surface area contributed by atoms with E-state index in [4.69, 9.17) is 4.74 Å². The molecule has 0 unspecified atom stereocenters. The number of carbonyl (C=O) groups is 1. The molecule has 0 N–H and O–H groups in total. The van der Waals surface area contributed by atoms with Gasteiger partial charge in [-0.05, 0) is 40.1 Å². The Balaban J connectivity index is 1.87. The molecule has 25 heavy (non-hydrogen) atoms. The average molecular weight is 397 g/mol. The van der Waals surface area contributed by atoms with Gasteiger partial charge in [0, 0.05) is 17.7 Å². The number of benzene rings is 2. The lowest BCUT2D eigenvalue weighted by molar-refractivity contribution is -0.126. The van der Waals surface area contributed by atoms with Crippen molar-refractivity contribution in [1.82, 2.24) is 4.90 Å². The number of allylic oxidation sites excluding steroid dienone is 1. The Kier molecular flexibility index (Phi) is 4.17. The summed E-state index contributed by atoms with van der Waals surface area (Å²) in [5.41, 5.74) is 5.01. The van der Waals surface area contributed by atoms with Gasteiger partial charge >= 0.3 is 0 Å². The molecule has 2 aliphatic rings. The molecule has 2 aromatic carbocycles. The largest absolute Gasteiger partial charge is 0.496 e. The average Bonchev–Trinajstić information content (AvgIpc) is 2.81. The summed E-state index contributed by atoms with van der Waals surface area (Å²) in [7, 11) is 1.64. The Morgan fingerprint density at radius 1 is 1.12 bits per heavy atom. The number of amides is 1. The Morgan fingerprint density at radius 2 is 1.92 bits per heavy atom. The zero-order chi connectivity index (χ0) is 17.4. The highest BCUT2D eigenvalue weighted by Gasteiger charge is 2.28. The smallest absolute Gasteiger partial charge is 0.248 e. The van der Waals surface area contributed by atoms with Crippen LogP contribution in [0.15, 0.2) is 58.0 Å². The van der Waals surface area contributed by atoms with Gasteiger partial charge in [-0.1, -0.05) is 36.4 Å². The standard InChI is InChI=1S/C20H17BrN2O2/c1-25-18-8-4-7-15(20(18)21)16-11-17-14-6-3-2-5-13(14)9-10-23(17)19(24)12-22-16/h2-8,11H,9-10,12H2,1H3. The van der Waals surface area contributed by atoms with Gasteiger partial charge in [-0.15, -0.1) is 0 Å². The van der Waals surface area contributed by atoms with Crippen LogP contribution in [0.3, 0.4) is 0 Å². The fourth-order valence-electron chi connectivity index (χ4n) is 3.34. The van der Waals surface area contributed by atoms with Crippen molar-refractivity contribution in [1.29, 1.82) is 0 Å². The predicted octanol–water partition coefficient (Wildman–Crippen LogP) is 3.69. The predicted molar refractivity (Wildman–Crippen MR) is 102 cm³/mol. The van der Waals surface area contributed by atoms with Crippen molar-refractivity contribution >= 4 is 33.2 Å². The summed E-state index contributed by atoms with van der Waals surface area (Å²) in [6.07, 6.45) is 2.89.